The summed E-state index contributed by atoms with van der Waals surface area (Å²) in [6, 6.07) is 4.14. The van der Waals surface area contributed by atoms with E-state index < -0.39 is 12.1 Å². The molecule has 0 radical (unpaired) electrons. The molecule has 1 unspecified atom stereocenters. The topological polar surface area (TPSA) is 43.7 Å². The van der Waals surface area contributed by atoms with E-state index in [-0.39, 0.29) is 30.4 Å². The highest BCUT2D eigenvalue weighted by Gasteiger charge is 2.41. The SMILES string of the molecule is CC(c1c(O)cccc1O)N1CCC(C(F)(F)F)CC1. The highest BCUT2D eigenvalue weighted by molar-refractivity contribution is 5.45. The lowest BCUT2D eigenvalue weighted by molar-refractivity contribution is -0.186. The number of aromatic hydroxyl groups is 2. The van der Waals surface area contributed by atoms with Crippen LogP contribution in [0.4, 0.5) is 13.2 Å². The van der Waals surface area contributed by atoms with Crippen molar-refractivity contribution in [2.45, 2.75) is 32.0 Å². The minimum Gasteiger partial charge on any atom is -0.507 e. The van der Waals surface area contributed by atoms with Crippen molar-refractivity contribution in [2.75, 3.05) is 13.1 Å². The average Bonchev–Trinajstić information content (AvgIpc) is 2.37. The lowest BCUT2D eigenvalue weighted by Crippen LogP contribution is -2.40. The van der Waals surface area contributed by atoms with Crippen LogP contribution in [0.15, 0.2) is 18.2 Å². The predicted molar refractivity (Wildman–Crippen MR) is 68.5 cm³/mol. The van der Waals surface area contributed by atoms with Crippen LogP contribution in [-0.4, -0.2) is 34.4 Å². The lowest BCUT2D eigenvalue weighted by Gasteiger charge is -2.37. The maximum Gasteiger partial charge on any atom is 0.391 e. The van der Waals surface area contributed by atoms with E-state index in [1.54, 1.807) is 6.92 Å². The summed E-state index contributed by atoms with van der Waals surface area (Å²) >= 11 is 0. The number of phenolic OH excluding ortho intramolecular Hbond substituents is 2. The standard InChI is InChI=1S/C14H18F3NO2/c1-9(13-11(19)3-2-4-12(13)20)18-7-5-10(6-8-18)14(15,16)17/h2-4,9-10,19-20H,5-8H2,1H3. The molecule has 20 heavy (non-hydrogen) atoms. The van der Waals surface area contributed by atoms with Crippen LogP contribution >= 0.6 is 0 Å². The van der Waals surface area contributed by atoms with E-state index >= 15 is 0 Å². The molecular formula is C14H18F3NO2. The summed E-state index contributed by atoms with van der Waals surface area (Å²) in [6.07, 6.45) is -4.02. The molecule has 1 aromatic rings. The zero-order valence-corrected chi connectivity index (χ0v) is 11.2. The molecule has 1 saturated heterocycles. The number of benzene rings is 1. The molecule has 1 atom stereocenters. The quantitative estimate of drug-likeness (QED) is 0.876. The zero-order chi connectivity index (χ0) is 14.9. The monoisotopic (exact) mass is 289 g/mol. The Morgan fingerprint density at radius 2 is 1.65 bits per heavy atom. The highest BCUT2D eigenvalue weighted by atomic mass is 19.4. The first-order valence-electron chi connectivity index (χ1n) is 6.62. The van der Waals surface area contributed by atoms with Crippen molar-refractivity contribution in [2.24, 2.45) is 5.92 Å². The summed E-state index contributed by atoms with van der Waals surface area (Å²) in [4.78, 5) is 1.86. The molecule has 0 aromatic heterocycles. The van der Waals surface area contributed by atoms with Crippen molar-refractivity contribution >= 4 is 0 Å². The van der Waals surface area contributed by atoms with E-state index in [4.69, 9.17) is 0 Å². The van der Waals surface area contributed by atoms with Gasteiger partial charge in [0.25, 0.3) is 0 Å². The molecule has 1 aliphatic heterocycles. The van der Waals surface area contributed by atoms with Gasteiger partial charge in [-0.3, -0.25) is 4.90 Å². The Hall–Kier alpha value is -1.43. The summed E-state index contributed by atoms with van der Waals surface area (Å²) in [5.41, 5.74) is 0.373. The van der Waals surface area contributed by atoms with Gasteiger partial charge in [-0.25, -0.2) is 0 Å². The van der Waals surface area contributed by atoms with E-state index in [2.05, 4.69) is 0 Å². The Morgan fingerprint density at radius 1 is 1.15 bits per heavy atom. The summed E-state index contributed by atoms with van der Waals surface area (Å²) < 4.78 is 37.9. The van der Waals surface area contributed by atoms with Crippen LogP contribution in [0.3, 0.4) is 0 Å². The van der Waals surface area contributed by atoms with Crippen molar-refractivity contribution in [3.05, 3.63) is 23.8 Å². The third-order valence-corrected chi connectivity index (χ3v) is 4.02. The first-order valence-corrected chi connectivity index (χ1v) is 6.62. The van der Waals surface area contributed by atoms with E-state index in [1.807, 2.05) is 4.90 Å². The number of nitrogens with zero attached hydrogens (tertiary/aromatic N) is 1. The first-order chi connectivity index (χ1) is 9.30. The molecule has 2 rings (SSSR count). The highest BCUT2D eigenvalue weighted by Crippen LogP contribution is 2.39. The Kier molecular flexibility index (Phi) is 4.13. The molecule has 1 aliphatic rings. The first kappa shape index (κ1) is 15.0. The van der Waals surface area contributed by atoms with Gasteiger partial charge in [0.05, 0.1) is 11.5 Å². The Balaban J connectivity index is 2.07. The van der Waals surface area contributed by atoms with Gasteiger partial charge in [-0.15, -0.1) is 0 Å². The molecule has 1 fully saturated rings. The van der Waals surface area contributed by atoms with E-state index in [9.17, 15) is 23.4 Å². The number of piperidine rings is 1. The van der Waals surface area contributed by atoms with Gasteiger partial charge in [0, 0.05) is 6.04 Å². The fraction of sp³-hybridized carbons (Fsp3) is 0.571. The van der Waals surface area contributed by atoms with Gasteiger partial charge >= 0.3 is 6.18 Å². The minimum absolute atomic E-state index is 0.0320. The number of rotatable bonds is 2. The molecule has 1 aromatic carbocycles. The van der Waals surface area contributed by atoms with Crippen LogP contribution in [0.25, 0.3) is 0 Å². The van der Waals surface area contributed by atoms with Crippen LogP contribution in [-0.2, 0) is 0 Å². The molecule has 0 amide bonds. The van der Waals surface area contributed by atoms with Crippen LogP contribution in [0.1, 0.15) is 31.4 Å². The van der Waals surface area contributed by atoms with Gasteiger partial charge in [0.1, 0.15) is 11.5 Å². The molecule has 1 heterocycles. The summed E-state index contributed by atoms with van der Waals surface area (Å²) in [7, 11) is 0. The maximum atomic E-state index is 12.6. The summed E-state index contributed by atoms with van der Waals surface area (Å²) in [5, 5.41) is 19.6. The molecule has 3 nitrogen and oxygen atoms in total. The zero-order valence-electron chi connectivity index (χ0n) is 11.2. The lowest BCUT2D eigenvalue weighted by atomic mass is 9.94. The Bertz CT molecular complexity index is 448. The van der Waals surface area contributed by atoms with Crippen molar-refractivity contribution in [3.8, 4) is 11.5 Å². The molecule has 0 bridgehead atoms. The largest absolute Gasteiger partial charge is 0.507 e. The van der Waals surface area contributed by atoms with Crippen molar-refractivity contribution in [1.82, 2.24) is 4.90 Å². The number of alkyl halides is 3. The predicted octanol–water partition coefficient (Wildman–Crippen LogP) is 3.43. The second-order valence-electron chi connectivity index (χ2n) is 5.24. The second kappa shape index (κ2) is 5.52. The molecule has 6 heteroatoms. The van der Waals surface area contributed by atoms with E-state index in [1.165, 1.54) is 18.2 Å². The minimum atomic E-state index is -4.13. The molecule has 0 spiro atoms. The summed E-state index contributed by atoms with van der Waals surface area (Å²) in [5.74, 6) is -1.31. The van der Waals surface area contributed by atoms with Crippen molar-refractivity contribution in [1.29, 1.82) is 0 Å². The van der Waals surface area contributed by atoms with Crippen LogP contribution in [0, 0.1) is 5.92 Å². The molecular weight excluding hydrogens is 271 g/mol. The van der Waals surface area contributed by atoms with Crippen molar-refractivity contribution in [3.63, 3.8) is 0 Å². The molecule has 0 saturated carbocycles. The van der Waals surface area contributed by atoms with Crippen molar-refractivity contribution < 1.29 is 23.4 Å². The van der Waals surface area contributed by atoms with Crippen LogP contribution in [0.2, 0.25) is 0 Å². The van der Waals surface area contributed by atoms with Gasteiger partial charge in [-0.2, -0.15) is 13.2 Å². The van der Waals surface area contributed by atoms with E-state index in [0.29, 0.717) is 18.7 Å². The second-order valence-corrected chi connectivity index (χ2v) is 5.24. The molecule has 112 valence electrons. The smallest absolute Gasteiger partial charge is 0.391 e. The maximum absolute atomic E-state index is 12.6. The fourth-order valence-electron chi connectivity index (χ4n) is 2.77. The average molecular weight is 289 g/mol. The Morgan fingerprint density at radius 3 is 2.10 bits per heavy atom. The van der Waals surface area contributed by atoms with Gasteiger partial charge in [-0.1, -0.05) is 6.07 Å². The molecule has 2 N–H and O–H groups in total. The normalized spacial score (nSPS) is 20.0. The third kappa shape index (κ3) is 3.00. The van der Waals surface area contributed by atoms with Crippen LogP contribution < -0.4 is 0 Å². The number of halogens is 3. The molecule has 0 aliphatic carbocycles. The number of likely N-dealkylation sites (tertiary alicyclic amines) is 1. The third-order valence-electron chi connectivity index (χ3n) is 4.02. The number of hydrogen-bond donors (Lipinski definition) is 2. The summed E-state index contributed by atoms with van der Waals surface area (Å²) in [6.45, 7) is 2.39. The fourth-order valence-corrected chi connectivity index (χ4v) is 2.77. The van der Waals surface area contributed by atoms with Gasteiger partial charge < -0.3 is 10.2 Å². The van der Waals surface area contributed by atoms with Gasteiger partial charge in [0.15, 0.2) is 0 Å². The van der Waals surface area contributed by atoms with E-state index in [0.717, 1.165) is 0 Å². The van der Waals surface area contributed by atoms with Gasteiger partial charge in [0.2, 0.25) is 0 Å². The van der Waals surface area contributed by atoms with Gasteiger partial charge in [-0.05, 0) is 45.0 Å². The number of hydrogen-bond acceptors (Lipinski definition) is 3. The van der Waals surface area contributed by atoms with Crippen LogP contribution in [0.5, 0.6) is 11.5 Å². The Labute approximate surface area is 115 Å². The number of phenols is 2.